The summed E-state index contributed by atoms with van der Waals surface area (Å²) in [6, 6.07) is 32.7. The first-order valence-electron chi connectivity index (χ1n) is 9.89. The Hall–Kier alpha value is -2.84. The van der Waals surface area contributed by atoms with Gasteiger partial charge in [-0.05, 0) is 36.4 Å². The van der Waals surface area contributed by atoms with Crippen molar-refractivity contribution >= 4 is 24.3 Å². The number of hydrogen-bond acceptors (Lipinski definition) is 1. The first-order chi connectivity index (χ1) is 13.6. The molecule has 1 atom stereocenters. The normalized spacial score (nSPS) is 19.1. The topological polar surface area (TPSA) is 12.0 Å². The van der Waals surface area contributed by atoms with Crippen LogP contribution in [0.5, 0.6) is 0 Å². The van der Waals surface area contributed by atoms with Gasteiger partial charge in [-0.25, -0.2) is 0 Å². The summed E-state index contributed by atoms with van der Waals surface area (Å²) < 4.78 is 0. The molecule has 0 saturated carbocycles. The molecule has 3 aromatic carbocycles. The van der Waals surface area contributed by atoms with E-state index in [0.29, 0.717) is 0 Å². The molecule has 0 amide bonds. The largest absolute Gasteiger partial charge is 0.403 e. The second-order valence-corrected chi connectivity index (χ2v) is 11.8. The Bertz CT molecular complexity index is 967. The third kappa shape index (κ3) is 2.94. The van der Waals surface area contributed by atoms with Crippen molar-refractivity contribution in [1.82, 2.24) is 0 Å². The van der Waals surface area contributed by atoms with Gasteiger partial charge in [0.25, 0.3) is 0 Å². The zero-order chi connectivity index (χ0) is 19.6. The molecular weight excluding hydrogens is 354 g/mol. The van der Waals surface area contributed by atoms with Crippen LogP contribution < -0.4 is 15.4 Å². The van der Waals surface area contributed by atoms with Crippen LogP contribution in [0.4, 0.5) is 5.69 Å². The lowest BCUT2D eigenvalue weighted by atomic mass is 10.1. The highest BCUT2D eigenvalue weighted by Gasteiger charge is 2.55. The Morgan fingerprint density at radius 3 is 1.57 bits per heavy atom. The van der Waals surface area contributed by atoms with Gasteiger partial charge in [0, 0.05) is 10.7 Å². The van der Waals surface area contributed by atoms with Crippen LogP contribution in [0.15, 0.2) is 114 Å². The molecule has 1 aliphatic carbocycles. The van der Waals surface area contributed by atoms with Crippen molar-refractivity contribution < 1.29 is 0 Å². The van der Waals surface area contributed by atoms with Gasteiger partial charge < -0.3 is 4.98 Å². The number of para-hydroxylation sites is 1. The molecule has 1 N–H and O–H groups in total. The highest BCUT2D eigenvalue weighted by atomic mass is 28.3. The SMILES string of the molecule is CC1=CC(C)([Si](Nc2ccccc2)(c2ccccc2)c2ccccc2)C(C)=C1. The molecule has 0 saturated heterocycles. The van der Waals surface area contributed by atoms with Gasteiger partial charge in [-0.2, -0.15) is 0 Å². The predicted molar refractivity (Wildman–Crippen MR) is 124 cm³/mol. The van der Waals surface area contributed by atoms with Gasteiger partial charge >= 0.3 is 0 Å². The number of rotatable bonds is 5. The van der Waals surface area contributed by atoms with Crippen molar-refractivity contribution in [3.8, 4) is 0 Å². The van der Waals surface area contributed by atoms with E-state index >= 15 is 0 Å². The lowest BCUT2D eigenvalue weighted by Crippen LogP contribution is -2.71. The molecule has 0 aromatic heterocycles. The highest BCUT2D eigenvalue weighted by molar-refractivity contribution is 7.07. The van der Waals surface area contributed by atoms with Gasteiger partial charge in [0.05, 0.1) is 0 Å². The predicted octanol–water partition coefficient (Wildman–Crippen LogP) is 5.52. The Morgan fingerprint density at radius 1 is 0.679 bits per heavy atom. The molecule has 3 aromatic rings. The number of anilines is 1. The van der Waals surface area contributed by atoms with Crippen LogP contribution in [0, 0.1) is 0 Å². The highest BCUT2D eigenvalue weighted by Crippen LogP contribution is 2.50. The average molecular weight is 382 g/mol. The van der Waals surface area contributed by atoms with Crippen LogP contribution in [-0.4, -0.2) is 8.24 Å². The summed E-state index contributed by atoms with van der Waals surface area (Å²) in [4.78, 5) is 4.11. The van der Waals surface area contributed by atoms with Crippen molar-refractivity contribution in [2.45, 2.75) is 25.8 Å². The minimum atomic E-state index is -2.48. The van der Waals surface area contributed by atoms with E-state index < -0.39 is 8.24 Å². The maximum absolute atomic E-state index is 4.11. The summed E-state index contributed by atoms with van der Waals surface area (Å²) in [6.07, 6.45) is 4.82. The van der Waals surface area contributed by atoms with E-state index in [0.717, 1.165) is 0 Å². The van der Waals surface area contributed by atoms with Crippen LogP contribution in [0.3, 0.4) is 0 Å². The summed E-state index contributed by atoms with van der Waals surface area (Å²) in [5.41, 5.74) is 3.94. The molecule has 2 heteroatoms. The monoisotopic (exact) mass is 381 g/mol. The van der Waals surface area contributed by atoms with E-state index in [4.69, 9.17) is 0 Å². The van der Waals surface area contributed by atoms with Gasteiger partial charge in [-0.3, -0.25) is 0 Å². The lowest BCUT2D eigenvalue weighted by molar-refractivity contribution is 0.869. The van der Waals surface area contributed by atoms with Crippen molar-refractivity contribution in [1.29, 1.82) is 0 Å². The second kappa shape index (κ2) is 7.29. The van der Waals surface area contributed by atoms with Gasteiger partial charge in [0.1, 0.15) is 0 Å². The molecule has 4 rings (SSSR count). The van der Waals surface area contributed by atoms with Gasteiger partial charge in [-0.1, -0.05) is 109 Å². The molecule has 0 radical (unpaired) electrons. The molecule has 0 spiro atoms. The summed E-state index contributed by atoms with van der Waals surface area (Å²) in [5.74, 6) is 0. The second-order valence-electron chi connectivity index (χ2n) is 7.89. The van der Waals surface area contributed by atoms with Gasteiger partial charge in [0.2, 0.25) is 8.24 Å². The van der Waals surface area contributed by atoms with Gasteiger partial charge in [0.15, 0.2) is 0 Å². The number of hydrogen-bond donors (Lipinski definition) is 1. The zero-order valence-electron chi connectivity index (χ0n) is 16.8. The molecule has 1 nitrogen and oxygen atoms in total. The molecule has 0 bridgehead atoms. The molecule has 140 valence electrons. The molecule has 1 aliphatic rings. The minimum absolute atomic E-state index is 0.0738. The Balaban J connectivity index is 2.05. The van der Waals surface area contributed by atoms with Crippen LogP contribution in [0.25, 0.3) is 0 Å². The first-order valence-corrected chi connectivity index (χ1v) is 11.9. The van der Waals surface area contributed by atoms with Crippen LogP contribution in [0.1, 0.15) is 20.8 Å². The van der Waals surface area contributed by atoms with E-state index in [1.165, 1.54) is 27.2 Å². The lowest BCUT2D eigenvalue weighted by Gasteiger charge is -2.46. The quantitative estimate of drug-likeness (QED) is 0.573. The van der Waals surface area contributed by atoms with Crippen LogP contribution in [0.2, 0.25) is 5.04 Å². The number of allylic oxidation sites excluding steroid dienone is 4. The Morgan fingerprint density at radius 2 is 1.14 bits per heavy atom. The third-order valence-corrected chi connectivity index (χ3v) is 11.2. The maximum Gasteiger partial charge on any atom is 0.232 e. The van der Waals surface area contributed by atoms with Crippen molar-refractivity contribution in [3.63, 3.8) is 0 Å². The van der Waals surface area contributed by atoms with Crippen molar-refractivity contribution in [3.05, 3.63) is 114 Å². The molecule has 28 heavy (non-hydrogen) atoms. The molecule has 0 aliphatic heterocycles. The Labute approximate surface area is 169 Å². The summed E-state index contributed by atoms with van der Waals surface area (Å²) >= 11 is 0. The summed E-state index contributed by atoms with van der Waals surface area (Å²) in [6.45, 7) is 6.91. The van der Waals surface area contributed by atoms with E-state index in [-0.39, 0.29) is 5.04 Å². The van der Waals surface area contributed by atoms with Crippen molar-refractivity contribution in [2.24, 2.45) is 0 Å². The molecule has 0 heterocycles. The number of nitrogens with one attached hydrogen (secondary N) is 1. The van der Waals surface area contributed by atoms with E-state index in [1.807, 2.05) is 0 Å². The molecular formula is C26H27NSi. The third-order valence-electron chi connectivity index (χ3n) is 6.08. The van der Waals surface area contributed by atoms with Crippen molar-refractivity contribution in [2.75, 3.05) is 4.98 Å². The van der Waals surface area contributed by atoms with E-state index in [9.17, 15) is 0 Å². The summed E-state index contributed by atoms with van der Waals surface area (Å²) in [7, 11) is -2.48. The van der Waals surface area contributed by atoms with Crippen LogP contribution >= 0.6 is 0 Å². The minimum Gasteiger partial charge on any atom is -0.403 e. The molecule has 1 unspecified atom stereocenters. The van der Waals surface area contributed by atoms with Crippen LogP contribution in [-0.2, 0) is 0 Å². The zero-order valence-corrected chi connectivity index (χ0v) is 17.8. The fourth-order valence-electron chi connectivity index (χ4n) is 4.66. The molecule has 0 fully saturated rings. The fraction of sp³-hybridized carbons (Fsp3) is 0.154. The smallest absolute Gasteiger partial charge is 0.232 e. The first kappa shape index (κ1) is 18.5. The van der Waals surface area contributed by atoms with E-state index in [1.54, 1.807) is 0 Å². The number of benzene rings is 3. The maximum atomic E-state index is 4.11. The van der Waals surface area contributed by atoms with Gasteiger partial charge in [-0.15, -0.1) is 0 Å². The average Bonchev–Trinajstić information content (AvgIpc) is 3.00. The standard InChI is InChI=1S/C26H27NSi/c1-21-19-22(2)26(3,20-21)28(24-15-9-5-10-16-24,25-17-11-6-12-18-25)27-23-13-7-4-8-14-23/h4-20,27H,1-3H3. The summed E-state index contributed by atoms with van der Waals surface area (Å²) in [5, 5.41) is 2.72. The fourth-order valence-corrected chi connectivity index (χ4v) is 9.83. The van der Waals surface area contributed by atoms with E-state index in [2.05, 4.69) is 129 Å². The Kier molecular flexibility index (Phi) is 4.82.